The molecular formula is C16H28ClF. The largest absolute Gasteiger partial charge is 0.246 e. The van der Waals surface area contributed by atoms with Crippen LogP contribution in [0.3, 0.4) is 0 Å². The molecule has 2 rings (SSSR count). The van der Waals surface area contributed by atoms with Gasteiger partial charge in [-0.3, -0.25) is 0 Å². The van der Waals surface area contributed by atoms with Gasteiger partial charge in [-0.05, 0) is 42.9 Å². The van der Waals surface area contributed by atoms with Crippen molar-refractivity contribution in [3.05, 3.63) is 0 Å². The van der Waals surface area contributed by atoms with Crippen LogP contribution in [0.5, 0.6) is 0 Å². The molecule has 0 bridgehead atoms. The number of hydrogen-bond acceptors (Lipinski definition) is 0. The minimum Gasteiger partial charge on any atom is -0.246 e. The highest BCUT2D eigenvalue weighted by Crippen LogP contribution is 2.39. The second-order valence-electron chi connectivity index (χ2n) is 6.91. The Hall–Kier alpha value is 0.220. The van der Waals surface area contributed by atoms with Gasteiger partial charge in [0.1, 0.15) is 6.17 Å². The van der Waals surface area contributed by atoms with Crippen molar-refractivity contribution in [2.45, 2.75) is 76.8 Å². The Morgan fingerprint density at radius 2 is 1.61 bits per heavy atom. The third-order valence-corrected chi connectivity index (χ3v) is 5.97. The van der Waals surface area contributed by atoms with Gasteiger partial charge in [-0.1, -0.05) is 46.0 Å². The highest BCUT2D eigenvalue weighted by atomic mass is 35.5. The maximum Gasteiger partial charge on any atom is 0.119 e. The molecule has 0 amide bonds. The van der Waals surface area contributed by atoms with E-state index in [1.165, 1.54) is 32.1 Å². The molecule has 2 heteroatoms. The molecule has 0 aromatic carbocycles. The lowest BCUT2D eigenvalue weighted by Crippen LogP contribution is -2.36. The second kappa shape index (κ2) is 6.59. The summed E-state index contributed by atoms with van der Waals surface area (Å²) >= 11 is 6.29. The van der Waals surface area contributed by atoms with Crippen LogP contribution in [0.25, 0.3) is 0 Å². The summed E-state index contributed by atoms with van der Waals surface area (Å²) in [5.41, 5.74) is 0. The predicted molar refractivity (Wildman–Crippen MR) is 76.8 cm³/mol. The SMILES string of the molecule is CC1CCC(CCC2CC[C@@H](C)C(F)C2Cl)CC1. The van der Waals surface area contributed by atoms with E-state index < -0.39 is 6.17 Å². The van der Waals surface area contributed by atoms with Crippen molar-refractivity contribution in [1.82, 2.24) is 0 Å². The van der Waals surface area contributed by atoms with Crippen molar-refractivity contribution in [3.8, 4) is 0 Å². The molecule has 2 aliphatic carbocycles. The van der Waals surface area contributed by atoms with Gasteiger partial charge in [0.15, 0.2) is 0 Å². The zero-order valence-electron chi connectivity index (χ0n) is 11.9. The summed E-state index contributed by atoms with van der Waals surface area (Å²) < 4.78 is 13.9. The van der Waals surface area contributed by atoms with Gasteiger partial charge < -0.3 is 0 Å². The zero-order chi connectivity index (χ0) is 13.1. The fourth-order valence-electron chi connectivity index (χ4n) is 3.74. The minimum atomic E-state index is -0.781. The third kappa shape index (κ3) is 3.62. The molecule has 0 nitrogen and oxygen atoms in total. The fraction of sp³-hybridized carbons (Fsp3) is 1.00. The number of hydrogen-bond donors (Lipinski definition) is 0. The Labute approximate surface area is 117 Å². The number of alkyl halides is 2. The van der Waals surface area contributed by atoms with Gasteiger partial charge in [0.05, 0.1) is 5.38 Å². The summed E-state index contributed by atoms with van der Waals surface area (Å²) in [7, 11) is 0. The van der Waals surface area contributed by atoms with Gasteiger partial charge >= 0.3 is 0 Å². The standard InChI is InChI=1S/C16H28ClF/c1-11-3-6-13(7-4-11)8-10-14-9-5-12(2)16(18)15(14)17/h11-16H,3-10H2,1-2H3/t11?,12-,13?,14?,15?,16?/m1/s1. The van der Waals surface area contributed by atoms with E-state index >= 15 is 0 Å². The fourth-order valence-corrected chi connectivity index (χ4v) is 4.24. The second-order valence-corrected chi connectivity index (χ2v) is 7.41. The van der Waals surface area contributed by atoms with Crippen LogP contribution >= 0.6 is 11.6 Å². The lowest BCUT2D eigenvalue weighted by molar-refractivity contribution is 0.131. The Morgan fingerprint density at radius 1 is 0.944 bits per heavy atom. The van der Waals surface area contributed by atoms with Crippen molar-refractivity contribution in [2.75, 3.05) is 0 Å². The molecule has 0 heterocycles. The zero-order valence-corrected chi connectivity index (χ0v) is 12.6. The first kappa shape index (κ1) is 14.6. The van der Waals surface area contributed by atoms with Crippen molar-refractivity contribution in [1.29, 1.82) is 0 Å². The van der Waals surface area contributed by atoms with E-state index in [4.69, 9.17) is 11.6 Å². The summed E-state index contributed by atoms with van der Waals surface area (Å²) in [4.78, 5) is 0. The molecule has 2 fully saturated rings. The average Bonchev–Trinajstić information content (AvgIpc) is 2.37. The molecule has 0 radical (unpaired) electrons. The van der Waals surface area contributed by atoms with Gasteiger partial charge in [-0.15, -0.1) is 11.6 Å². The van der Waals surface area contributed by atoms with Crippen molar-refractivity contribution in [3.63, 3.8) is 0 Å². The molecule has 3 unspecified atom stereocenters. The van der Waals surface area contributed by atoms with Crippen LogP contribution in [0.15, 0.2) is 0 Å². The molecule has 106 valence electrons. The van der Waals surface area contributed by atoms with Gasteiger partial charge in [-0.2, -0.15) is 0 Å². The van der Waals surface area contributed by atoms with E-state index in [2.05, 4.69) is 6.92 Å². The highest BCUT2D eigenvalue weighted by Gasteiger charge is 2.36. The molecule has 4 atom stereocenters. The quantitative estimate of drug-likeness (QED) is 0.589. The molecule has 0 spiro atoms. The summed E-state index contributed by atoms with van der Waals surface area (Å²) in [5, 5.41) is -0.226. The van der Waals surface area contributed by atoms with Crippen LogP contribution in [-0.2, 0) is 0 Å². The summed E-state index contributed by atoms with van der Waals surface area (Å²) in [6.07, 6.45) is 9.37. The monoisotopic (exact) mass is 274 g/mol. The van der Waals surface area contributed by atoms with E-state index in [1.807, 2.05) is 6.92 Å². The normalized spacial score (nSPS) is 46.0. The first-order chi connectivity index (χ1) is 8.58. The number of halogens is 2. The summed E-state index contributed by atoms with van der Waals surface area (Å²) in [6, 6.07) is 0. The van der Waals surface area contributed by atoms with E-state index in [-0.39, 0.29) is 11.3 Å². The van der Waals surface area contributed by atoms with E-state index in [0.717, 1.165) is 31.1 Å². The third-order valence-electron chi connectivity index (χ3n) is 5.37. The van der Waals surface area contributed by atoms with Crippen LogP contribution in [0, 0.1) is 23.7 Å². The van der Waals surface area contributed by atoms with Gasteiger partial charge in [0.2, 0.25) is 0 Å². The molecule has 18 heavy (non-hydrogen) atoms. The van der Waals surface area contributed by atoms with Crippen LogP contribution in [0.4, 0.5) is 4.39 Å². The highest BCUT2D eigenvalue weighted by molar-refractivity contribution is 6.21. The lowest BCUT2D eigenvalue weighted by atomic mass is 9.75. The van der Waals surface area contributed by atoms with Crippen LogP contribution in [0.1, 0.15) is 65.2 Å². The molecule has 2 saturated carbocycles. The van der Waals surface area contributed by atoms with E-state index in [1.54, 1.807) is 0 Å². The lowest BCUT2D eigenvalue weighted by Gasteiger charge is -2.35. The molecule has 0 aromatic rings. The Kier molecular flexibility index (Phi) is 5.35. The molecular weight excluding hydrogens is 247 g/mol. The smallest absolute Gasteiger partial charge is 0.119 e. The minimum absolute atomic E-state index is 0.166. The van der Waals surface area contributed by atoms with Crippen LogP contribution in [-0.4, -0.2) is 11.5 Å². The van der Waals surface area contributed by atoms with Crippen molar-refractivity contribution in [2.24, 2.45) is 23.7 Å². The molecule has 0 N–H and O–H groups in total. The summed E-state index contributed by atoms with van der Waals surface area (Å²) in [6.45, 7) is 4.36. The Morgan fingerprint density at radius 3 is 2.28 bits per heavy atom. The molecule has 0 saturated heterocycles. The van der Waals surface area contributed by atoms with Crippen LogP contribution in [0.2, 0.25) is 0 Å². The Bertz CT molecular complexity index is 247. The first-order valence-corrected chi connectivity index (χ1v) is 8.29. The van der Waals surface area contributed by atoms with E-state index in [9.17, 15) is 4.39 Å². The summed E-state index contributed by atoms with van der Waals surface area (Å²) in [5.74, 6) is 2.41. The predicted octanol–water partition coefficient (Wildman–Crippen LogP) is 5.58. The van der Waals surface area contributed by atoms with Gasteiger partial charge in [-0.25, -0.2) is 4.39 Å². The van der Waals surface area contributed by atoms with E-state index in [0.29, 0.717) is 5.92 Å². The van der Waals surface area contributed by atoms with Gasteiger partial charge in [0, 0.05) is 0 Å². The molecule has 0 aromatic heterocycles. The van der Waals surface area contributed by atoms with Crippen molar-refractivity contribution < 1.29 is 4.39 Å². The maximum atomic E-state index is 13.9. The first-order valence-electron chi connectivity index (χ1n) is 7.86. The molecule has 2 aliphatic rings. The van der Waals surface area contributed by atoms with Crippen LogP contribution < -0.4 is 0 Å². The molecule has 0 aliphatic heterocycles. The Balaban J connectivity index is 1.73. The van der Waals surface area contributed by atoms with Gasteiger partial charge in [0.25, 0.3) is 0 Å². The average molecular weight is 275 g/mol. The maximum absolute atomic E-state index is 13.9. The van der Waals surface area contributed by atoms with Crippen molar-refractivity contribution >= 4 is 11.6 Å². The topological polar surface area (TPSA) is 0 Å². The number of rotatable bonds is 3.